The number of ether oxygens (including phenoxy) is 1. The summed E-state index contributed by atoms with van der Waals surface area (Å²) in [4.78, 5) is 26.7. The van der Waals surface area contributed by atoms with Crippen molar-refractivity contribution in [2.45, 2.75) is 0 Å². The highest BCUT2D eigenvalue weighted by molar-refractivity contribution is 6.22. The van der Waals surface area contributed by atoms with Crippen LogP contribution in [0.1, 0.15) is 15.9 Å². The lowest BCUT2D eigenvalue weighted by atomic mass is 10.0. The van der Waals surface area contributed by atoms with Crippen LogP contribution in [0.25, 0.3) is 11.1 Å². The van der Waals surface area contributed by atoms with E-state index >= 15 is 0 Å². The number of nitrogens with zero attached hydrogens (tertiary/aromatic N) is 1. The van der Waals surface area contributed by atoms with Crippen molar-refractivity contribution in [2.24, 2.45) is 5.92 Å². The largest absolute Gasteiger partial charge is 0.453 e. The second-order valence-electron chi connectivity index (χ2n) is 7.14. The van der Waals surface area contributed by atoms with Gasteiger partial charge in [-0.3, -0.25) is 10.1 Å². The smallest absolute Gasteiger partial charge is 0.411 e. The van der Waals surface area contributed by atoms with Gasteiger partial charge in [0.15, 0.2) is 5.78 Å². The lowest BCUT2D eigenvalue weighted by Gasteiger charge is -2.19. The lowest BCUT2D eigenvalue weighted by molar-refractivity contribution is 0.104. The fourth-order valence-corrected chi connectivity index (χ4v) is 4.20. The highest BCUT2D eigenvalue weighted by Crippen LogP contribution is 2.40. The Balaban J connectivity index is 1.46. The number of anilines is 2. The van der Waals surface area contributed by atoms with Crippen LogP contribution in [0.3, 0.4) is 0 Å². The number of benzene rings is 2. The number of rotatable bonds is 2. The third kappa shape index (κ3) is 2.48. The van der Waals surface area contributed by atoms with E-state index < -0.39 is 6.09 Å². The van der Waals surface area contributed by atoms with Gasteiger partial charge in [-0.1, -0.05) is 12.1 Å². The van der Waals surface area contributed by atoms with Crippen LogP contribution in [0.2, 0.25) is 0 Å². The standard InChI is InChI=1S/C21H19N3O3/c1-27-21(26)23-14-2-4-16-17-5-3-15(7-19(17)20(25)18(16)6-14)24-10-12-8-22-9-13(12)11-24/h2-8,13,22H,9-11H2,1H3,(H,23,26). The molecule has 6 nitrogen and oxygen atoms in total. The van der Waals surface area contributed by atoms with Crippen LogP contribution in [0.4, 0.5) is 16.2 Å². The number of hydrogen-bond acceptors (Lipinski definition) is 5. The van der Waals surface area contributed by atoms with Crippen LogP contribution < -0.4 is 15.5 Å². The molecule has 1 fully saturated rings. The predicted molar refractivity (Wildman–Crippen MR) is 103 cm³/mol. The van der Waals surface area contributed by atoms with Crippen molar-refractivity contribution in [1.82, 2.24) is 5.32 Å². The van der Waals surface area contributed by atoms with Gasteiger partial charge >= 0.3 is 6.09 Å². The first kappa shape index (κ1) is 15.9. The minimum Gasteiger partial charge on any atom is -0.453 e. The van der Waals surface area contributed by atoms with E-state index in [9.17, 15) is 9.59 Å². The molecule has 1 atom stereocenters. The molecule has 1 aliphatic carbocycles. The number of fused-ring (bicyclic) bond motifs is 4. The van der Waals surface area contributed by atoms with Gasteiger partial charge in [0.1, 0.15) is 0 Å². The van der Waals surface area contributed by atoms with Crippen molar-refractivity contribution in [3.05, 3.63) is 59.3 Å². The van der Waals surface area contributed by atoms with Crippen molar-refractivity contribution < 1.29 is 14.3 Å². The highest BCUT2D eigenvalue weighted by Gasteiger charge is 2.32. The molecule has 2 aliphatic heterocycles. The lowest BCUT2D eigenvalue weighted by Crippen LogP contribution is -2.23. The quantitative estimate of drug-likeness (QED) is 0.734. The summed E-state index contributed by atoms with van der Waals surface area (Å²) in [5, 5.41) is 5.91. The molecule has 1 unspecified atom stereocenters. The van der Waals surface area contributed by atoms with Gasteiger partial charge in [0.2, 0.25) is 0 Å². The molecule has 2 aromatic rings. The Hall–Kier alpha value is -3.28. The van der Waals surface area contributed by atoms with Gasteiger partial charge in [-0.15, -0.1) is 0 Å². The number of hydrogen-bond donors (Lipinski definition) is 2. The van der Waals surface area contributed by atoms with Gasteiger partial charge in [-0.25, -0.2) is 4.79 Å². The molecule has 0 aromatic heterocycles. The van der Waals surface area contributed by atoms with Crippen LogP contribution in [-0.4, -0.2) is 38.6 Å². The van der Waals surface area contributed by atoms with Gasteiger partial charge in [0.05, 0.1) is 7.11 Å². The summed E-state index contributed by atoms with van der Waals surface area (Å²) in [5.41, 5.74) is 6.25. The molecule has 2 heterocycles. The molecular weight excluding hydrogens is 342 g/mol. The van der Waals surface area contributed by atoms with Crippen LogP contribution >= 0.6 is 0 Å². The summed E-state index contributed by atoms with van der Waals surface area (Å²) in [6.07, 6.45) is 1.57. The SMILES string of the molecule is COC(=O)Nc1ccc2c(c1)C(=O)c1cc(N3CC4=CNCC4C3)ccc1-2. The fraction of sp³-hybridized carbons (Fsp3) is 0.238. The third-order valence-electron chi connectivity index (χ3n) is 5.59. The first-order valence-corrected chi connectivity index (χ1v) is 8.99. The Morgan fingerprint density at radius 2 is 1.93 bits per heavy atom. The van der Waals surface area contributed by atoms with Gasteiger partial charge in [0, 0.05) is 48.1 Å². The Kier molecular flexibility index (Phi) is 3.47. The molecule has 3 aliphatic rings. The molecule has 0 saturated carbocycles. The zero-order valence-electron chi connectivity index (χ0n) is 14.9. The van der Waals surface area contributed by atoms with E-state index in [2.05, 4.69) is 32.5 Å². The average Bonchev–Trinajstić information content (AvgIpc) is 3.35. The molecule has 0 radical (unpaired) electrons. The monoisotopic (exact) mass is 361 g/mol. The number of carbonyl (C=O) groups is 2. The summed E-state index contributed by atoms with van der Waals surface area (Å²) in [7, 11) is 1.31. The van der Waals surface area contributed by atoms with Crippen LogP contribution in [-0.2, 0) is 4.74 Å². The van der Waals surface area contributed by atoms with Crippen molar-refractivity contribution in [3.63, 3.8) is 0 Å². The van der Waals surface area contributed by atoms with E-state index in [1.54, 1.807) is 12.1 Å². The van der Waals surface area contributed by atoms with Crippen LogP contribution in [0.15, 0.2) is 48.2 Å². The number of ketones is 1. The predicted octanol–water partition coefficient (Wildman–Crippen LogP) is 3.00. The van der Waals surface area contributed by atoms with E-state index in [0.717, 1.165) is 42.0 Å². The summed E-state index contributed by atoms with van der Waals surface area (Å²) in [5.74, 6) is 0.564. The van der Waals surface area contributed by atoms with Crippen molar-refractivity contribution in [3.8, 4) is 11.1 Å². The van der Waals surface area contributed by atoms with E-state index in [-0.39, 0.29) is 5.78 Å². The van der Waals surface area contributed by atoms with E-state index in [1.807, 2.05) is 18.2 Å². The zero-order chi connectivity index (χ0) is 18.5. The Morgan fingerprint density at radius 1 is 1.15 bits per heavy atom. The second kappa shape index (κ2) is 5.87. The number of amides is 1. The average molecular weight is 361 g/mol. The molecule has 2 aromatic carbocycles. The van der Waals surface area contributed by atoms with Crippen LogP contribution in [0, 0.1) is 5.92 Å². The van der Waals surface area contributed by atoms with Gasteiger partial charge in [-0.2, -0.15) is 0 Å². The molecule has 1 amide bonds. The zero-order valence-corrected chi connectivity index (χ0v) is 14.9. The Bertz CT molecular complexity index is 1010. The molecule has 5 rings (SSSR count). The molecule has 27 heavy (non-hydrogen) atoms. The molecule has 1 saturated heterocycles. The summed E-state index contributed by atoms with van der Waals surface area (Å²) in [6, 6.07) is 11.5. The van der Waals surface area contributed by atoms with Crippen molar-refractivity contribution in [2.75, 3.05) is 37.0 Å². The van der Waals surface area contributed by atoms with E-state index in [1.165, 1.54) is 12.7 Å². The van der Waals surface area contributed by atoms with Gasteiger partial charge in [-0.05, 0) is 47.2 Å². The van der Waals surface area contributed by atoms with E-state index in [0.29, 0.717) is 17.2 Å². The third-order valence-corrected chi connectivity index (χ3v) is 5.59. The van der Waals surface area contributed by atoms with Gasteiger partial charge in [0.25, 0.3) is 0 Å². The molecule has 6 heteroatoms. The van der Waals surface area contributed by atoms with Gasteiger partial charge < -0.3 is 15.0 Å². The minimum absolute atomic E-state index is 0.00404. The maximum Gasteiger partial charge on any atom is 0.411 e. The normalized spacial score (nSPS) is 19.1. The fourth-order valence-electron chi connectivity index (χ4n) is 4.20. The number of methoxy groups -OCH3 is 1. The molecular formula is C21H19N3O3. The molecule has 2 N–H and O–H groups in total. The highest BCUT2D eigenvalue weighted by atomic mass is 16.5. The van der Waals surface area contributed by atoms with E-state index in [4.69, 9.17) is 0 Å². The first-order valence-electron chi connectivity index (χ1n) is 8.99. The van der Waals surface area contributed by atoms with Crippen molar-refractivity contribution >= 4 is 23.3 Å². The number of nitrogens with one attached hydrogen (secondary N) is 2. The maximum absolute atomic E-state index is 13.0. The van der Waals surface area contributed by atoms with Crippen LogP contribution in [0.5, 0.6) is 0 Å². The summed E-state index contributed by atoms with van der Waals surface area (Å²) in [6.45, 7) is 2.88. The second-order valence-corrected chi connectivity index (χ2v) is 7.14. The topological polar surface area (TPSA) is 70.7 Å². The molecule has 136 valence electrons. The Morgan fingerprint density at radius 3 is 2.70 bits per heavy atom. The molecule has 0 bridgehead atoms. The molecule has 0 spiro atoms. The summed E-state index contributed by atoms with van der Waals surface area (Å²) >= 11 is 0. The first-order chi connectivity index (χ1) is 13.1. The minimum atomic E-state index is -0.552. The Labute approximate surface area is 156 Å². The maximum atomic E-state index is 13.0. The van der Waals surface area contributed by atoms with Crippen molar-refractivity contribution in [1.29, 1.82) is 0 Å². The number of carbonyl (C=O) groups excluding carboxylic acids is 2. The summed E-state index contributed by atoms with van der Waals surface area (Å²) < 4.78 is 4.62.